The lowest BCUT2D eigenvalue weighted by molar-refractivity contribution is 0.466. The van der Waals surface area contributed by atoms with Gasteiger partial charge in [0.05, 0.1) is 5.69 Å². The minimum Gasteiger partial charge on any atom is -0.506 e. The minimum absolute atomic E-state index is 0.139. The first-order chi connectivity index (χ1) is 6.27. The summed E-state index contributed by atoms with van der Waals surface area (Å²) in [6.07, 6.45) is 2.85. The van der Waals surface area contributed by atoms with Gasteiger partial charge in [0.1, 0.15) is 24.2 Å². The Kier molecular flexibility index (Phi) is 1.70. The van der Waals surface area contributed by atoms with Crippen LogP contribution in [0.4, 0.5) is 4.39 Å². The molecule has 1 N–H and O–H groups in total. The topological polar surface area (TPSA) is 50.9 Å². The van der Waals surface area contributed by atoms with Crippen LogP contribution in [0.5, 0.6) is 5.75 Å². The monoisotopic (exact) mass is 179 g/mol. The maximum Gasteiger partial charge on any atom is 0.142 e. The predicted octanol–water partition coefficient (Wildman–Crippen LogP) is 1.11. The second kappa shape index (κ2) is 2.85. The molecule has 2 aromatic rings. The zero-order valence-electron chi connectivity index (χ0n) is 6.55. The van der Waals surface area contributed by atoms with Crippen molar-refractivity contribution in [3.8, 4) is 11.4 Å². The Morgan fingerprint density at radius 3 is 2.54 bits per heavy atom. The van der Waals surface area contributed by atoms with E-state index < -0.39 is 5.82 Å². The maximum absolute atomic E-state index is 12.6. The molecule has 4 nitrogen and oxygen atoms in total. The van der Waals surface area contributed by atoms with Crippen molar-refractivity contribution in [1.82, 2.24) is 14.8 Å². The van der Waals surface area contributed by atoms with Crippen LogP contribution < -0.4 is 0 Å². The molecule has 0 aliphatic carbocycles. The molecule has 0 radical (unpaired) electrons. The molecule has 1 aromatic carbocycles. The number of hydrogen-bond donors (Lipinski definition) is 1. The molecule has 0 spiro atoms. The average Bonchev–Trinajstić information content (AvgIpc) is 2.56. The summed E-state index contributed by atoms with van der Waals surface area (Å²) in [5, 5.41) is 16.5. The molecule has 0 saturated carbocycles. The van der Waals surface area contributed by atoms with Gasteiger partial charge < -0.3 is 5.11 Å². The maximum atomic E-state index is 12.6. The van der Waals surface area contributed by atoms with Crippen LogP contribution in [0.15, 0.2) is 30.9 Å². The summed E-state index contributed by atoms with van der Waals surface area (Å²) in [5.41, 5.74) is 0.450. The molecule has 0 fully saturated rings. The normalized spacial score (nSPS) is 10.2. The summed E-state index contributed by atoms with van der Waals surface area (Å²) in [5.74, 6) is -0.617. The van der Waals surface area contributed by atoms with E-state index in [1.807, 2.05) is 0 Å². The molecule has 5 heteroatoms. The first-order valence-corrected chi connectivity index (χ1v) is 3.61. The van der Waals surface area contributed by atoms with E-state index in [-0.39, 0.29) is 5.75 Å². The van der Waals surface area contributed by atoms with Crippen molar-refractivity contribution < 1.29 is 9.50 Å². The molecule has 0 atom stereocenters. The van der Waals surface area contributed by atoms with Crippen LogP contribution in [0, 0.1) is 5.82 Å². The number of aromatic nitrogens is 3. The number of aromatic hydroxyl groups is 1. The third-order valence-electron chi connectivity index (χ3n) is 1.63. The quantitative estimate of drug-likeness (QED) is 0.713. The Labute approximate surface area is 73.3 Å². The lowest BCUT2D eigenvalue weighted by Gasteiger charge is -2.02. The van der Waals surface area contributed by atoms with Gasteiger partial charge in [-0.2, -0.15) is 0 Å². The number of nitrogens with zero attached hydrogens (tertiary/aromatic N) is 3. The van der Waals surface area contributed by atoms with Crippen LogP contribution >= 0.6 is 0 Å². The van der Waals surface area contributed by atoms with Crippen molar-refractivity contribution in [2.45, 2.75) is 0 Å². The van der Waals surface area contributed by atoms with Crippen LogP contribution in [-0.4, -0.2) is 19.9 Å². The molecule has 0 unspecified atom stereocenters. The fourth-order valence-electron chi connectivity index (χ4n) is 1.04. The molecule has 0 amide bonds. The molecule has 0 saturated heterocycles. The van der Waals surface area contributed by atoms with Crippen LogP contribution in [0.3, 0.4) is 0 Å². The van der Waals surface area contributed by atoms with Crippen molar-refractivity contribution in [3.63, 3.8) is 0 Å². The highest BCUT2D eigenvalue weighted by Gasteiger charge is 2.03. The van der Waals surface area contributed by atoms with E-state index >= 15 is 0 Å². The van der Waals surface area contributed by atoms with E-state index in [2.05, 4.69) is 10.2 Å². The average molecular weight is 179 g/mol. The van der Waals surface area contributed by atoms with Crippen molar-refractivity contribution in [1.29, 1.82) is 0 Å². The van der Waals surface area contributed by atoms with Crippen LogP contribution in [0.25, 0.3) is 5.69 Å². The molecular weight excluding hydrogens is 173 g/mol. The first-order valence-electron chi connectivity index (χ1n) is 3.61. The summed E-state index contributed by atoms with van der Waals surface area (Å²) in [6, 6.07) is 3.75. The fourth-order valence-corrected chi connectivity index (χ4v) is 1.04. The Bertz CT molecular complexity index is 413. The molecule has 0 aliphatic rings. The largest absolute Gasteiger partial charge is 0.506 e. The zero-order valence-corrected chi connectivity index (χ0v) is 6.55. The number of benzene rings is 1. The zero-order chi connectivity index (χ0) is 9.26. The molecular formula is C8H6FN3O. The Hall–Kier alpha value is -1.91. The van der Waals surface area contributed by atoms with Crippen LogP contribution in [-0.2, 0) is 0 Å². The van der Waals surface area contributed by atoms with Crippen LogP contribution in [0.2, 0.25) is 0 Å². The summed E-state index contributed by atoms with van der Waals surface area (Å²) < 4.78 is 14.1. The van der Waals surface area contributed by atoms with Crippen molar-refractivity contribution in [3.05, 3.63) is 36.7 Å². The van der Waals surface area contributed by atoms with E-state index in [0.29, 0.717) is 5.69 Å². The lowest BCUT2D eigenvalue weighted by atomic mass is 10.3. The Morgan fingerprint density at radius 2 is 1.92 bits per heavy atom. The predicted molar refractivity (Wildman–Crippen MR) is 43.0 cm³/mol. The van der Waals surface area contributed by atoms with E-state index in [9.17, 15) is 9.50 Å². The summed E-state index contributed by atoms with van der Waals surface area (Å²) >= 11 is 0. The highest BCUT2D eigenvalue weighted by atomic mass is 19.1. The SMILES string of the molecule is Oc1cc(F)ccc1-n1cnnc1. The van der Waals surface area contributed by atoms with E-state index in [1.54, 1.807) is 0 Å². The van der Waals surface area contributed by atoms with Crippen molar-refractivity contribution in [2.75, 3.05) is 0 Å². The molecule has 1 aromatic heterocycles. The van der Waals surface area contributed by atoms with Gasteiger partial charge in [-0.05, 0) is 12.1 Å². The van der Waals surface area contributed by atoms with Gasteiger partial charge in [0.15, 0.2) is 0 Å². The number of halogens is 1. The molecule has 0 aliphatic heterocycles. The van der Waals surface area contributed by atoms with E-state index in [1.165, 1.54) is 29.4 Å². The van der Waals surface area contributed by atoms with E-state index in [4.69, 9.17) is 0 Å². The fraction of sp³-hybridized carbons (Fsp3) is 0. The van der Waals surface area contributed by atoms with Gasteiger partial charge in [-0.1, -0.05) is 0 Å². The third kappa shape index (κ3) is 1.35. The van der Waals surface area contributed by atoms with Crippen LogP contribution in [0.1, 0.15) is 0 Å². The van der Waals surface area contributed by atoms with Gasteiger partial charge in [-0.15, -0.1) is 10.2 Å². The van der Waals surface area contributed by atoms with Crippen molar-refractivity contribution in [2.24, 2.45) is 0 Å². The Morgan fingerprint density at radius 1 is 1.23 bits per heavy atom. The van der Waals surface area contributed by atoms with Gasteiger partial charge in [0.2, 0.25) is 0 Å². The summed E-state index contributed by atoms with van der Waals surface area (Å²) in [7, 11) is 0. The van der Waals surface area contributed by atoms with Gasteiger partial charge in [-0.25, -0.2) is 4.39 Å². The second-order valence-corrected chi connectivity index (χ2v) is 2.50. The molecule has 0 bridgehead atoms. The number of hydrogen-bond acceptors (Lipinski definition) is 3. The summed E-state index contributed by atoms with van der Waals surface area (Å²) in [6.45, 7) is 0. The molecule has 2 rings (SSSR count). The minimum atomic E-state index is -0.477. The van der Waals surface area contributed by atoms with Gasteiger partial charge >= 0.3 is 0 Å². The first kappa shape index (κ1) is 7.72. The number of rotatable bonds is 1. The highest BCUT2D eigenvalue weighted by Crippen LogP contribution is 2.21. The van der Waals surface area contributed by atoms with Gasteiger partial charge in [-0.3, -0.25) is 4.57 Å². The molecule has 66 valence electrons. The lowest BCUT2D eigenvalue weighted by Crippen LogP contribution is -1.90. The van der Waals surface area contributed by atoms with Gasteiger partial charge in [0.25, 0.3) is 0 Å². The Balaban J connectivity index is 2.53. The number of phenols is 1. The molecule has 1 heterocycles. The van der Waals surface area contributed by atoms with Gasteiger partial charge in [0, 0.05) is 6.07 Å². The second-order valence-electron chi connectivity index (χ2n) is 2.50. The summed E-state index contributed by atoms with van der Waals surface area (Å²) in [4.78, 5) is 0. The standard InChI is InChI=1S/C8H6FN3O/c9-6-1-2-7(8(13)3-6)12-4-10-11-5-12/h1-5,13H. The molecule has 13 heavy (non-hydrogen) atoms. The number of phenolic OH excluding ortho intramolecular Hbond substituents is 1. The van der Waals surface area contributed by atoms with Crippen molar-refractivity contribution >= 4 is 0 Å². The smallest absolute Gasteiger partial charge is 0.142 e. The highest BCUT2D eigenvalue weighted by molar-refractivity contribution is 5.45. The van der Waals surface area contributed by atoms with E-state index in [0.717, 1.165) is 6.07 Å². The third-order valence-corrected chi connectivity index (χ3v) is 1.63.